The fourth-order valence-corrected chi connectivity index (χ4v) is 5.13. The first-order chi connectivity index (χ1) is 17.6. The fraction of sp³-hybridized carbons (Fsp3) is 0.286. The topological polar surface area (TPSA) is 86.8 Å². The second-order valence-electron chi connectivity index (χ2n) is 8.76. The van der Waals surface area contributed by atoms with Gasteiger partial charge in [-0.2, -0.15) is 0 Å². The Balaban J connectivity index is 2.00. The summed E-state index contributed by atoms with van der Waals surface area (Å²) in [7, 11) is -2.25. The van der Waals surface area contributed by atoms with Crippen LogP contribution >= 0.6 is 15.9 Å². The van der Waals surface area contributed by atoms with E-state index in [1.54, 1.807) is 12.1 Å². The average molecular weight is 587 g/mol. The quantitative estimate of drug-likeness (QED) is 0.366. The Morgan fingerprint density at radius 3 is 2.03 bits per heavy atom. The molecular formula is C28H32BrN3O4S. The lowest BCUT2D eigenvalue weighted by Gasteiger charge is -2.33. The first-order valence-corrected chi connectivity index (χ1v) is 14.6. The molecule has 2 amide bonds. The van der Waals surface area contributed by atoms with E-state index >= 15 is 0 Å². The van der Waals surface area contributed by atoms with Crippen LogP contribution in [0.4, 0.5) is 5.69 Å². The zero-order valence-electron chi connectivity index (χ0n) is 21.2. The molecular weight excluding hydrogens is 554 g/mol. The minimum atomic E-state index is -3.78. The van der Waals surface area contributed by atoms with E-state index in [1.807, 2.05) is 73.7 Å². The Morgan fingerprint density at radius 2 is 1.49 bits per heavy atom. The lowest BCUT2D eigenvalue weighted by Crippen LogP contribution is -2.52. The molecule has 0 aliphatic heterocycles. The van der Waals surface area contributed by atoms with Gasteiger partial charge in [0.15, 0.2) is 0 Å². The van der Waals surface area contributed by atoms with Gasteiger partial charge in [-0.15, -0.1) is 0 Å². The summed E-state index contributed by atoms with van der Waals surface area (Å²) < 4.78 is 27.5. The van der Waals surface area contributed by atoms with Gasteiger partial charge in [0.05, 0.1) is 11.9 Å². The van der Waals surface area contributed by atoms with E-state index in [-0.39, 0.29) is 18.9 Å². The summed E-state index contributed by atoms with van der Waals surface area (Å²) in [5.41, 5.74) is 3.16. The van der Waals surface area contributed by atoms with Crippen LogP contribution in [0.1, 0.15) is 23.6 Å². The predicted octanol–water partition coefficient (Wildman–Crippen LogP) is 4.16. The van der Waals surface area contributed by atoms with Gasteiger partial charge in [-0.3, -0.25) is 13.9 Å². The van der Waals surface area contributed by atoms with E-state index in [4.69, 9.17) is 0 Å². The number of sulfonamides is 1. The summed E-state index contributed by atoms with van der Waals surface area (Å²) in [6, 6.07) is 23.2. The van der Waals surface area contributed by atoms with Crippen LogP contribution in [-0.4, -0.2) is 51.0 Å². The van der Waals surface area contributed by atoms with Crippen LogP contribution in [0.25, 0.3) is 0 Å². The average Bonchev–Trinajstić information content (AvgIpc) is 2.89. The molecule has 0 spiro atoms. The highest BCUT2D eigenvalue weighted by Gasteiger charge is 2.32. The van der Waals surface area contributed by atoms with Gasteiger partial charge >= 0.3 is 0 Å². The molecule has 0 saturated carbocycles. The molecule has 7 nitrogen and oxygen atoms in total. The van der Waals surface area contributed by atoms with E-state index in [9.17, 15) is 18.0 Å². The highest BCUT2D eigenvalue weighted by molar-refractivity contribution is 9.10. The Hall–Kier alpha value is -3.17. The van der Waals surface area contributed by atoms with Crippen molar-refractivity contribution in [3.63, 3.8) is 0 Å². The molecule has 0 unspecified atom stereocenters. The van der Waals surface area contributed by atoms with Crippen molar-refractivity contribution in [1.29, 1.82) is 0 Å². The number of amides is 2. The van der Waals surface area contributed by atoms with Crippen molar-refractivity contribution in [3.8, 4) is 0 Å². The van der Waals surface area contributed by atoms with E-state index in [0.717, 1.165) is 38.1 Å². The van der Waals surface area contributed by atoms with Gasteiger partial charge < -0.3 is 10.2 Å². The van der Waals surface area contributed by atoms with Gasteiger partial charge in [-0.1, -0.05) is 77.5 Å². The largest absolute Gasteiger partial charge is 0.357 e. The fourth-order valence-electron chi connectivity index (χ4n) is 4.02. The maximum Gasteiger partial charge on any atom is 0.244 e. The number of anilines is 1. The van der Waals surface area contributed by atoms with E-state index in [1.165, 1.54) is 11.9 Å². The molecule has 1 N–H and O–H groups in total. The van der Waals surface area contributed by atoms with Crippen LogP contribution in [0.3, 0.4) is 0 Å². The van der Waals surface area contributed by atoms with Gasteiger partial charge in [0.1, 0.15) is 12.6 Å². The molecule has 0 saturated heterocycles. The van der Waals surface area contributed by atoms with Gasteiger partial charge in [-0.05, 0) is 47.4 Å². The van der Waals surface area contributed by atoms with Crippen LogP contribution in [0.15, 0.2) is 83.3 Å². The normalized spacial score (nSPS) is 12.0. The number of halogens is 1. The summed E-state index contributed by atoms with van der Waals surface area (Å²) in [5, 5.41) is 2.67. The summed E-state index contributed by atoms with van der Waals surface area (Å²) in [4.78, 5) is 28.4. The Kier molecular flexibility index (Phi) is 9.88. The van der Waals surface area contributed by atoms with Crippen molar-refractivity contribution in [1.82, 2.24) is 10.2 Å². The minimum Gasteiger partial charge on any atom is -0.357 e. The number of carbonyl (C=O) groups is 2. The van der Waals surface area contributed by atoms with E-state index < -0.39 is 28.5 Å². The number of hydrogen-bond acceptors (Lipinski definition) is 4. The lowest BCUT2D eigenvalue weighted by molar-refractivity contribution is -0.139. The first kappa shape index (κ1) is 28.4. The molecule has 3 rings (SSSR count). The minimum absolute atomic E-state index is 0.142. The lowest BCUT2D eigenvalue weighted by atomic mass is 10.0. The number of nitrogens with one attached hydrogen (secondary N) is 1. The van der Waals surface area contributed by atoms with E-state index in [0.29, 0.717) is 5.69 Å². The summed E-state index contributed by atoms with van der Waals surface area (Å²) in [6.45, 7) is 1.73. The van der Waals surface area contributed by atoms with Gasteiger partial charge in [0.25, 0.3) is 0 Å². The van der Waals surface area contributed by atoms with Crippen molar-refractivity contribution in [2.45, 2.75) is 32.4 Å². The van der Waals surface area contributed by atoms with Crippen LogP contribution in [-0.2, 0) is 39.0 Å². The zero-order chi connectivity index (χ0) is 27.0. The molecule has 0 bridgehead atoms. The van der Waals surface area contributed by atoms with Crippen molar-refractivity contribution in [2.24, 2.45) is 0 Å². The predicted molar refractivity (Wildman–Crippen MR) is 151 cm³/mol. The molecule has 0 aliphatic rings. The van der Waals surface area contributed by atoms with Crippen LogP contribution in [0.5, 0.6) is 0 Å². The monoisotopic (exact) mass is 585 g/mol. The summed E-state index contributed by atoms with van der Waals surface area (Å²) in [6.07, 6.45) is 2.17. The Bertz CT molecular complexity index is 1300. The first-order valence-electron chi connectivity index (χ1n) is 12.0. The number of carbonyl (C=O) groups excluding carboxylic acids is 2. The molecule has 0 aliphatic carbocycles. The SMILES string of the molecule is CCc1ccc(N(CC(=O)N(Cc2ccc(Br)cc2)[C@@H](Cc2ccccc2)C(=O)NC)S(C)(=O)=O)cc1. The number of rotatable bonds is 11. The van der Waals surface area contributed by atoms with Crippen molar-refractivity contribution < 1.29 is 18.0 Å². The number of nitrogens with zero attached hydrogens (tertiary/aromatic N) is 2. The third-order valence-corrected chi connectivity index (χ3v) is 7.76. The van der Waals surface area contributed by atoms with Crippen molar-refractivity contribution in [3.05, 3.63) is 100 Å². The standard InChI is InChI=1S/C28H32BrN3O4S/c1-4-21-12-16-25(17-13-21)32(37(3,35)36)20-27(33)31(19-23-10-14-24(29)15-11-23)26(28(34)30-2)18-22-8-6-5-7-9-22/h5-17,26H,4,18-20H2,1-3H3,(H,30,34)/t26-/m0/s1. The smallest absolute Gasteiger partial charge is 0.244 e. The Labute approximate surface area is 227 Å². The third kappa shape index (κ3) is 7.90. The summed E-state index contributed by atoms with van der Waals surface area (Å²) >= 11 is 3.42. The number of aryl methyl sites for hydroxylation is 1. The van der Waals surface area contributed by atoms with Crippen LogP contribution in [0.2, 0.25) is 0 Å². The zero-order valence-corrected chi connectivity index (χ0v) is 23.6. The molecule has 3 aromatic carbocycles. The van der Waals surface area contributed by atoms with Crippen molar-refractivity contribution >= 4 is 43.5 Å². The molecule has 0 radical (unpaired) electrons. The van der Waals surface area contributed by atoms with Crippen molar-refractivity contribution in [2.75, 3.05) is 24.2 Å². The molecule has 0 fully saturated rings. The molecule has 1 atom stereocenters. The third-order valence-electron chi connectivity index (χ3n) is 6.10. The molecule has 9 heteroatoms. The van der Waals surface area contributed by atoms with Crippen LogP contribution < -0.4 is 9.62 Å². The highest BCUT2D eigenvalue weighted by Crippen LogP contribution is 2.21. The maximum absolute atomic E-state index is 13.9. The highest BCUT2D eigenvalue weighted by atomic mass is 79.9. The van der Waals surface area contributed by atoms with Crippen LogP contribution in [0, 0.1) is 0 Å². The number of likely N-dealkylation sites (N-methyl/N-ethyl adjacent to an activating group) is 1. The van der Waals surface area contributed by atoms with Gasteiger partial charge in [-0.25, -0.2) is 8.42 Å². The van der Waals surface area contributed by atoms with E-state index in [2.05, 4.69) is 21.2 Å². The van der Waals surface area contributed by atoms with Gasteiger partial charge in [0.2, 0.25) is 21.8 Å². The number of hydrogen-bond donors (Lipinski definition) is 1. The van der Waals surface area contributed by atoms with Gasteiger partial charge in [0, 0.05) is 24.5 Å². The molecule has 0 aromatic heterocycles. The molecule has 0 heterocycles. The maximum atomic E-state index is 13.9. The Morgan fingerprint density at radius 1 is 0.892 bits per heavy atom. The number of benzene rings is 3. The second kappa shape index (κ2) is 12.9. The molecule has 196 valence electrons. The summed E-state index contributed by atoms with van der Waals surface area (Å²) in [5.74, 6) is -0.801. The molecule has 37 heavy (non-hydrogen) atoms. The second-order valence-corrected chi connectivity index (χ2v) is 11.6. The molecule has 3 aromatic rings.